The van der Waals surface area contributed by atoms with E-state index < -0.39 is 0 Å². The van der Waals surface area contributed by atoms with Crippen LogP contribution in [0, 0.1) is 3.57 Å². The maximum Gasteiger partial charge on any atom is 0.261 e. The molecule has 0 fully saturated rings. The summed E-state index contributed by atoms with van der Waals surface area (Å²) in [7, 11) is 0. The standard InChI is InChI=1S/C9H5BrINO/c10-6-1-2-8-5(3-6)4-7(11)9(13)12-8/h1-4H,(H,12,13). The molecular weight excluding hydrogens is 345 g/mol. The summed E-state index contributed by atoms with van der Waals surface area (Å²) in [5.74, 6) is 0. The highest BCUT2D eigenvalue weighted by molar-refractivity contribution is 14.1. The average Bonchev–Trinajstić information content (AvgIpc) is 2.08. The fourth-order valence-electron chi connectivity index (χ4n) is 1.15. The van der Waals surface area contributed by atoms with Gasteiger partial charge in [0, 0.05) is 15.4 Å². The molecule has 1 aromatic carbocycles. The second-order valence-electron chi connectivity index (χ2n) is 2.68. The number of aromatic amines is 1. The van der Waals surface area contributed by atoms with Crippen molar-refractivity contribution in [1.29, 1.82) is 0 Å². The van der Waals surface area contributed by atoms with Crippen molar-refractivity contribution >= 4 is 49.4 Å². The Morgan fingerprint density at radius 2 is 2.08 bits per heavy atom. The minimum absolute atomic E-state index is 0.0320. The van der Waals surface area contributed by atoms with Crippen LogP contribution < -0.4 is 5.56 Å². The van der Waals surface area contributed by atoms with Gasteiger partial charge in [-0.1, -0.05) is 15.9 Å². The van der Waals surface area contributed by atoms with E-state index in [2.05, 4.69) is 20.9 Å². The zero-order chi connectivity index (χ0) is 9.42. The number of H-pyrrole nitrogens is 1. The van der Waals surface area contributed by atoms with Gasteiger partial charge in [0.1, 0.15) is 0 Å². The summed E-state index contributed by atoms with van der Waals surface area (Å²) < 4.78 is 1.73. The van der Waals surface area contributed by atoms with Gasteiger partial charge >= 0.3 is 0 Å². The van der Waals surface area contributed by atoms with Crippen molar-refractivity contribution in [3.8, 4) is 0 Å². The van der Waals surface area contributed by atoms with E-state index in [1.54, 1.807) is 0 Å². The molecule has 0 aliphatic carbocycles. The molecule has 1 N–H and O–H groups in total. The van der Waals surface area contributed by atoms with Gasteiger partial charge in [0.15, 0.2) is 0 Å². The fraction of sp³-hybridized carbons (Fsp3) is 0. The minimum atomic E-state index is -0.0320. The van der Waals surface area contributed by atoms with Gasteiger partial charge in [0.25, 0.3) is 5.56 Å². The first kappa shape index (κ1) is 9.21. The SMILES string of the molecule is O=c1[nH]c2ccc(Br)cc2cc1I. The third-order valence-corrected chi connectivity index (χ3v) is 3.06. The van der Waals surface area contributed by atoms with Crippen LogP contribution in [0.4, 0.5) is 0 Å². The Balaban J connectivity index is 2.89. The van der Waals surface area contributed by atoms with E-state index in [4.69, 9.17) is 0 Å². The smallest absolute Gasteiger partial charge is 0.261 e. The Bertz CT molecular complexity index is 520. The number of nitrogens with one attached hydrogen (secondary N) is 1. The largest absolute Gasteiger partial charge is 0.321 e. The molecule has 2 rings (SSSR count). The molecule has 66 valence electrons. The van der Waals surface area contributed by atoms with E-state index >= 15 is 0 Å². The number of pyridine rings is 1. The first-order valence-corrected chi connectivity index (χ1v) is 5.52. The summed E-state index contributed by atoms with van der Waals surface area (Å²) >= 11 is 5.41. The maximum absolute atomic E-state index is 11.2. The number of fused-ring (bicyclic) bond motifs is 1. The number of hydrogen-bond acceptors (Lipinski definition) is 1. The molecule has 1 heterocycles. The topological polar surface area (TPSA) is 32.9 Å². The summed E-state index contributed by atoms with van der Waals surface area (Å²) in [6.07, 6.45) is 0. The second kappa shape index (κ2) is 3.42. The number of benzene rings is 1. The highest BCUT2D eigenvalue weighted by Crippen LogP contribution is 2.17. The molecule has 0 aliphatic heterocycles. The van der Waals surface area contributed by atoms with Crippen LogP contribution in [0.3, 0.4) is 0 Å². The van der Waals surface area contributed by atoms with Crippen LogP contribution in [0.5, 0.6) is 0 Å². The highest BCUT2D eigenvalue weighted by Gasteiger charge is 1.99. The average molecular weight is 350 g/mol. The monoisotopic (exact) mass is 349 g/mol. The fourth-order valence-corrected chi connectivity index (χ4v) is 2.00. The van der Waals surface area contributed by atoms with E-state index in [1.165, 1.54) is 0 Å². The van der Waals surface area contributed by atoms with Crippen LogP contribution in [-0.2, 0) is 0 Å². The van der Waals surface area contributed by atoms with E-state index in [1.807, 2.05) is 46.9 Å². The summed E-state index contributed by atoms with van der Waals surface area (Å²) in [6, 6.07) is 7.65. The molecule has 0 amide bonds. The van der Waals surface area contributed by atoms with Crippen LogP contribution in [0.2, 0.25) is 0 Å². The molecule has 0 saturated carbocycles. The van der Waals surface area contributed by atoms with Crippen molar-refractivity contribution in [3.05, 3.63) is 42.7 Å². The Hall–Kier alpha value is -0.360. The third kappa shape index (κ3) is 1.78. The van der Waals surface area contributed by atoms with Crippen molar-refractivity contribution in [2.75, 3.05) is 0 Å². The Morgan fingerprint density at radius 1 is 1.31 bits per heavy atom. The van der Waals surface area contributed by atoms with Crippen molar-refractivity contribution in [2.45, 2.75) is 0 Å². The summed E-state index contributed by atoms with van der Waals surface area (Å²) in [6.45, 7) is 0. The molecule has 0 spiro atoms. The van der Waals surface area contributed by atoms with E-state index in [0.29, 0.717) is 3.57 Å². The highest BCUT2D eigenvalue weighted by atomic mass is 127. The molecule has 0 aliphatic rings. The predicted octanol–water partition coefficient (Wildman–Crippen LogP) is 2.90. The molecule has 0 radical (unpaired) electrons. The lowest BCUT2D eigenvalue weighted by Gasteiger charge is -1.98. The number of hydrogen-bond donors (Lipinski definition) is 1. The van der Waals surface area contributed by atoms with E-state index in [0.717, 1.165) is 15.4 Å². The van der Waals surface area contributed by atoms with E-state index in [-0.39, 0.29) is 5.56 Å². The summed E-state index contributed by atoms with van der Waals surface area (Å²) in [5, 5.41) is 1.04. The van der Waals surface area contributed by atoms with Gasteiger partial charge < -0.3 is 4.98 Å². The van der Waals surface area contributed by atoms with E-state index in [9.17, 15) is 4.79 Å². The molecular formula is C9H5BrINO. The molecule has 0 bridgehead atoms. The zero-order valence-electron chi connectivity index (χ0n) is 6.47. The summed E-state index contributed by atoms with van der Waals surface area (Å²) in [5.41, 5.74) is 0.837. The van der Waals surface area contributed by atoms with Crippen molar-refractivity contribution < 1.29 is 0 Å². The van der Waals surface area contributed by atoms with Crippen molar-refractivity contribution in [2.24, 2.45) is 0 Å². The number of aromatic nitrogens is 1. The first-order valence-electron chi connectivity index (χ1n) is 3.65. The van der Waals surface area contributed by atoms with Gasteiger partial charge in [0.05, 0.1) is 3.57 Å². The molecule has 0 unspecified atom stereocenters. The third-order valence-electron chi connectivity index (χ3n) is 1.76. The Labute approximate surface area is 96.6 Å². The molecule has 2 aromatic rings. The number of halogens is 2. The lowest BCUT2D eigenvalue weighted by atomic mass is 10.2. The molecule has 4 heteroatoms. The first-order chi connectivity index (χ1) is 6.16. The summed E-state index contributed by atoms with van der Waals surface area (Å²) in [4.78, 5) is 14.0. The van der Waals surface area contributed by atoms with Crippen LogP contribution in [0.1, 0.15) is 0 Å². The van der Waals surface area contributed by atoms with Crippen LogP contribution >= 0.6 is 38.5 Å². The van der Waals surface area contributed by atoms with Crippen LogP contribution in [0.25, 0.3) is 10.9 Å². The van der Waals surface area contributed by atoms with Crippen LogP contribution in [0.15, 0.2) is 33.5 Å². The van der Waals surface area contributed by atoms with Gasteiger partial charge in [-0.05, 0) is 46.9 Å². The molecule has 2 nitrogen and oxygen atoms in total. The van der Waals surface area contributed by atoms with Gasteiger partial charge in [-0.2, -0.15) is 0 Å². The molecule has 0 saturated heterocycles. The zero-order valence-corrected chi connectivity index (χ0v) is 10.2. The molecule has 1 aromatic heterocycles. The van der Waals surface area contributed by atoms with Gasteiger partial charge in [-0.3, -0.25) is 4.79 Å². The van der Waals surface area contributed by atoms with Gasteiger partial charge in [-0.15, -0.1) is 0 Å². The quantitative estimate of drug-likeness (QED) is 0.729. The minimum Gasteiger partial charge on any atom is -0.321 e. The second-order valence-corrected chi connectivity index (χ2v) is 4.76. The Morgan fingerprint density at radius 3 is 2.85 bits per heavy atom. The van der Waals surface area contributed by atoms with Crippen molar-refractivity contribution in [3.63, 3.8) is 0 Å². The number of rotatable bonds is 0. The normalized spacial score (nSPS) is 10.6. The Kier molecular flexibility index (Phi) is 2.42. The van der Waals surface area contributed by atoms with Gasteiger partial charge in [0.2, 0.25) is 0 Å². The van der Waals surface area contributed by atoms with Crippen molar-refractivity contribution in [1.82, 2.24) is 4.98 Å². The predicted molar refractivity (Wildman–Crippen MR) is 65.0 cm³/mol. The lowest BCUT2D eigenvalue weighted by molar-refractivity contribution is 1.28. The lowest BCUT2D eigenvalue weighted by Crippen LogP contribution is -2.08. The van der Waals surface area contributed by atoms with Crippen LogP contribution in [-0.4, -0.2) is 4.98 Å². The molecule has 0 atom stereocenters. The maximum atomic E-state index is 11.2. The molecule has 13 heavy (non-hydrogen) atoms. The van der Waals surface area contributed by atoms with Gasteiger partial charge in [-0.25, -0.2) is 0 Å².